The first-order valence-corrected chi connectivity index (χ1v) is 9.26. The Bertz CT molecular complexity index is 1020. The molecule has 2 aromatic rings. The van der Waals surface area contributed by atoms with Gasteiger partial charge in [0.1, 0.15) is 0 Å². The van der Waals surface area contributed by atoms with Crippen molar-refractivity contribution < 1.29 is 9.72 Å². The summed E-state index contributed by atoms with van der Waals surface area (Å²) in [6, 6.07) is 2.95. The number of pyridine rings is 1. The molecule has 9 nitrogen and oxygen atoms in total. The fraction of sp³-hybridized carbons (Fsp3) is 0.500. The number of likely N-dealkylation sites (tertiary alicyclic amines) is 1. The van der Waals surface area contributed by atoms with E-state index in [-0.39, 0.29) is 17.7 Å². The largest absolute Gasteiger partial charge is 0.336 e. The van der Waals surface area contributed by atoms with E-state index in [1.807, 2.05) is 4.90 Å². The summed E-state index contributed by atoms with van der Waals surface area (Å²) in [7, 11) is 0. The smallest absolute Gasteiger partial charge is 0.334 e. The van der Waals surface area contributed by atoms with E-state index in [0.29, 0.717) is 25.3 Å². The SMILES string of the molecule is O=C(c1n[nH]c2c1CCC2)N1CC2C[C@@H](C1)Cn1c2ccc([N+](=O)[O-])c1=O. The van der Waals surface area contributed by atoms with E-state index < -0.39 is 16.2 Å². The van der Waals surface area contributed by atoms with Crippen LogP contribution >= 0.6 is 0 Å². The number of amides is 1. The molecule has 1 N–H and O–H groups in total. The number of H-pyrrole nitrogens is 1. The van der Waals surface area contributed by atoms with Gasteiger partial charge in [0.25, 0.3) is 5.91 Å². The van der Waals surface area contributed by atoms with E-state index >= 15 is 0 Å². The molecule has 1 saturated heterocycles. The van der Waals surface area contributed by atoms with Crippen LogP contribution in [-0.4, -0.2) is 43.6 Å². The first-order valence-electron chi connectivity index (χ1n) is 9.26. The van der Waals surface area contributed by atoms with Gasteiger partial charge >= 0.3 is 11.2 Å². The van der Waals surface area contributed by atoms with Crippen LogP contribution in [0.4, 0.5) is 5.69 Å². The third kappa shape index (κ3) is 2.41. The Hall–Kier alpha value is -2.97. The number of nitrogens with zero attached hydrogens (tertiary/aromatic N) is 4. The number of nitrogens with one attached hydrogen (secondary N) is 1. The van der Waals surface area contributed by atoms with Gasteiger partial charge < -0.3 is 9.47 Å². The average Bonchev–Trinajstić information content (AvgIpc) is 3.25. The lowest BCUT2D eigenvalue weighted by atomic mass is 9.83. The lowest BCUT2D eigenvalue weighted by Crippen LogP contribution is -2.49. The molecule has 2 aliphatic heterocycles. The van der Waals surface area contributed by atoms with E-state index in [1.165, 1.54) is 10.6 Å². The third-order valence-corrected chi connectivity index (χ3v) is 6.08. The number of hydrogen-bond acceptors (Lipinski definition) is 5. The lowest BCUT2D eigenvalue weighted by Gasteiger charge is -2.42. The normalized spacial score (nSPS) is 23.0. The summed E-state index contributed by atoms with van der Waals surface area (Å²) in [5.74, 6) is 0.0793. The molecule has 0 aromatic carbocycles. The predicted octanol–water partition coefficient (Wildman–Crippen LogP) is 1.23. The molecule has 5 rings (SSSR count). The maximum Gasteiger partial charge on any atom is 0.334 e. The first kappa shape index (κ1) is 16.2. The van der Waals surface area contributed by atoms with E-state index in [4.69, 9.17) is 0 Å². The fourth-order valence-electron chi connectivity index (χ4n) is 4.89. The molecule has 1 aliphatic carbocycles. The lowest BCUT2D eigenvalue weighted by molar-refractivity contribution is -0.386. The van der Waals surface area contributed by atoms with E-state index in [9.17, 15) is 19.7 Å². The average molecular weight is 369 g/mol. The maximum atomic E-state index is 13.1. The van der Waals surface area contributed by atoms with Gasteiger partial charge in [0.2, 0.25) is 0 Å². The minimum Gasteiger partial charge on any atom is -0.336 e. The van der Waals surface area contributed by atoms with Gasteiger partial charge in [-0.1, -0.05) is 0 Å². The second-order valence-electron chi connectivity index (χ2n) is 7.71. The van der Waals surface area contributed by atoms with Crippen molar-refractivity contribution in [2.24, 2.45) is 5.92 Å². The summed E-state index contributed by atoms with van der Waals surface area (Å²) in [4.78, 5) is 37.8. The zero-order chi connectivity index (χ0) is 18.7. The minimum absolute atomic E-state index is 0.0157. The van der Waals surface area contributed by atoms with Crippen LogP contribution in [0.15, 0.2) is 16.9 Å². The Morgan fingerprint density at radius 1 is 1.26 bits per heavy atom. The van der Waals surface area contributed by atoms with Crippen molar-refractivity contribution in [1.29, 1.82) is 0 Å². The molecule has 4 heterocycles. The van der Waals surface area contributed by atoms with E-state index in [0.717, 1.165) is 42.6 Å². The molecule has 2 aromatic heterocycles. The number of carbonyl (C=O) groups is 1. The molecule has 0 saturated carbocycles. The summed E-state index contributed by atoms with van der Waals surface area (Å²) in [5.41, 5.74) is 2.49. The quantitative estimate of drug-likeness (QED) is 0.632. The van der Waals surface area contributed by atoms with Crippen LogP contribution in [-0.2, 0) is 19.4 Å². The molecule has 140 valence electrons. The third-order valence-electron chi connectivity index (χ3n) is 6.08. The standard InChI is InChI=1S/C18H19N5O4/c24-17-15(23(26)27)5-4-14-11-6-10(8-22(14)17)7-21(9-11)18(25)16-12-2-1-3-13(12)19-20-16/h4-5,10-11H,1-3,6-9H2,(H,19,20)/t10-,11?/m0/s1. The van der Waals surface area contributed by atoms with Crippen LogP contribution in [0.25, 0.3) is 0 Å². The van der Waals surface area contributed by atoms with Crippen molar-refractivity contribution in [2.75, 3.05) is 13.1 Å². The van der Waals surface area contributed by atoms with Crippen LogP contribution in [0.5, 0.6) is 0 Å². The highest BCUT2D eigenvalue weighted by Gasteiger charge is 2.39. The summed E-state index contributed by atoms with van der Waals surface area (Å²) in [6.45, 7) is 1.47. The van der Waals surface area contributed by atoms with Gasteiger partial charge in [-0.15, -0.1) is 0 Å². The van der Waals surface area contributed by atoms with Crippen LogP contribution in [0.2, 0.25) is 0 Å². The highest BCUT2D eigenvalue weighted by molar-refractivity contribution is 5.94. The molecule has 2 bridgehead atoms. The molecule has 1 unspecified atom stereocenters. The zero-order valence-corrected chi connectivity index (χ0v) is 14.7. The summed E-state index contributed by atoms with van der Waals surface area (Å²) in [6.07, 6.45) is 3.76. The molecular weight excluding hydrogens is 350 g/mol. The van der Waals surface area contributed by atoms with Gasteiger partial charge in [-0.05, 0) is 37.7 Å². The van der Waals surface area contributed by atoms with Crippen LogP contribution in [0.3, 0.4) is 0 Å². The second kappa shape index (κ2) is 5.77. The molecule has 9 heteroatoms. The number of aromatic nitrogens is 3. The molecule has 0 spiro atoms. The van der Waals surface area contributed by atoms with Gasteiger partial charge in [-0.2, -0.15) is 5.10 Å². The second-order valence-corrected chi connectivity index (χ2v) is 7.71. The van der Waals surface area contributed by atoms with Crippen molar-refractivity contribution in [3.8, 4) is 0 Å². The molecule has 27 heavy (non-hydrogen) atoms. The summed E-state index contributed by atoms with van der Waals surface area (Å²) in [5, 5.41) is 18.3. The highest BCUT2D eigenvalue weighted by atomic mass is 16.6. The Morgan fingerprint density at radius 2 is 2.11 bits per heavy atom. The van der Waals surface area contributed by atoms with Gasteiger partial charge in [-0.25, -0.2) is 0 Å². The number of fused-ring (bicyclic) bond motifs is 5. The van der Waals surface area contributed by atoms with Crippen molar-refractivity contribution in [1.82, 2.24) is 19.7 Å². The zero-order valence-electron chi connectivity index (χ0n) is 14.7. The highest BCUT2D eigenvalue weighted by Crippen LogP contribution is 2.36. The molecule has 2 atom stereocenters. The molecule has 0 radical (unpaired) electrons. The molecule has 1 amide bonds. The van der Waals surface area contributed by atoms with Crippen molar-refractivity contribution in [3.05, 3.63) is 55.2 Å². The van der Waals surface area contributed by atoms with Crippen LogP contribution in [0, 0.1) is 16.0 Å². The fourth-order valence-corrected chi connectivity index (χ4v) is 4.89. The molecule has 1 fully saturated rings. The molecule has 3 aliphatic rings. The van der Waals surface area contributed by atoms with Gasteiger partial charge in [0.05, 0.1) is 4.92 Å². The number of aromatic amines is 1. The number of nitro groups is 1. The number of piperidine rings is 1. The Morgan fingerprint density at radius 3 is 2.93 bits per heavy atom. The number of carbonyl (C=O) groups excluding carboxylic acids is 1. The Kier molecular flexibility index (Phi) is 3.46. The molecular formula is C18H19N5O4. The summed E-state index contributed by atoms with van der Waals surface area (Å²) < 4.78 is 1.53. The van der Waals surface area contributed by atoms with Gasteiger partial charge in [0.15, 0.2) is 5.69 Å². The summed E-state index contributed by atoms with van der Waals surface area (Å²) >= 11 is 0. The van der Waals surface area contributed by atoms with Crippen molar-refractivity contribution in [2.45, 2.75) is 38.1 Å². The van der Waals surface area contributed by atoms with Crippen LogP contribution < -0.4 is 5.56 Å². The predicted molar refractivity (Wildman–Crippen MR) is 94.7 cm³/mol. The van der Waals surface area contributed by atoms with E-state index in [1.54, 1.807) is 6.07 Å². The number of aryl methyl sites for hydroxylation is 1. The van der Waals surface area contributed by atoms with E-state index in [2.05, 4.69) is 10.2 Å². The Labute approximate surface area is 154 Å². The monoisotopic (exact) mass is 369 g/mol. The van der Waals surface area contributed by atoms with Gasteiger partial charge in [0, 0.05) is 48.6 Å². The minimum atomic E-state index is -0.631. The van der Waals surface area contributed by atoms with Gasteiger partial charge in [-0.3, -0.25) is 24.8 Å². The Balaban J connectivity index is 1.46. The maximum absolute atomic E-state index is 13.1. The van der Waals surface area contributed by atoms with Crippen LogP contribution in [0.1, 0.15) is 46.2 Å². The van der Waals surface area contributed by atoms with Crippen molar-refractivity contribution >= 4 is 11.6 Å². The first-order chi connectivity index (χ1) is 13.0. The topological polar surface area (TPSA) is 114 Å². The van der Waals surface area contributed by atoms with Crippen molar-refractivity contribution in [3.63, 3.8) is 0 Å². The number of rotatable bonds is 2. The number of hydrogen-bond donors (Lipinski definition) is 1.